The summed E-state index contributed by atoms with van der Waals surface area (Å²) < 4.78 is 10.5. The molecular formula is C23H18ClNO4. The maximum Gasteiger partial charge on any atom is 0.337 e. The van der Waals surface area contributed by atoms with E-state index in [4.69, 9.17) is 21.1 Å². The molecule has 0 N–H and O–H groups in total. The Balaban J connectivity index is 1.75. The standard InChI is InChI=1S/C23H18ClNO4/c1-14-22(26)25(20-13-17(23(27)28-2)7-12-21(20)29-14)19-10-5-16(6-11-19)15-3-8-18(24)9-4-15/h3-14H,1-2H3. The third-order valence-corrected chi connectivity index (χ3v) is 5.05. The van der Waals surface area contributed by atoms with Crippen LogP contribution in [0.1, 0.15) is 17.3 Å². The molecule has 1 amide bonds. The lowest BCUT2D eigenvalue weighted by atomic mass is 10.0. The van der Waals surface area contributed by atoms with E-state index in [1.165, 1.54) is 7.11 Å². The number of fused-ring (bicyclic) bond motifs is 1. The summed E-state index contributed by atoms with van der Waals surface area (Å²) in [6.07, 6.45) is -0.637. The van der Waals surface area contributed by atoms with Gasteiger partial charge in [0.05, 0.1) is 18.4 Å². The van der Waals surface area contributed by atoms with E-state index in [0.717, 1.165) is 11.1 Å². The molecule has 1 aliphatic heterocycles. The van der Waals surface area contributed by atoms with Crippen molar-refractivity contribution < 1.29 is 19.1 Å². The normalized spacial score (nSPS) is 15.5. The van der Waals surface area contributed by atoms with E-state index in [1.807, 2.05) is 48.5 Å². The number of ether oxygens (including phenoxy) is 2. The number of carbonyl (C=O) groups is 2. The molecule has 0 fully saturated rings. The lowest BCUT2D eigenvalue weighted by molar-refractivity contribution is -0.124. The molecule has 146 valence electrons. The van der Waals surface area contributed by atoms with E-state index in [2.05, 4.69) is 0 Å². The number of hydrogen-bond acceptors (Lipinski definition) is 4. The first-order valence-corrected chi connectivity index (χ1v) is 9.45. The minimum atomic E-state index is -0.637. The third kappa shape index (κ3) is 3.57. The maximum atomic E-state index is 12.9. The van der Waals surface area contributed by atoms with E-state index in [0.29, 0.717) is 27.7 Å². The van der Waals surface area contributed by atoms with Crippen molar-refractivity contribution in [3.63, 3.8) is 0 Å². The molecular weight excluding hydrogens is 390 g/mol. The van der Waals surface area contributed by atoms with Crippen LogP contribution in [-0.2, 0) is 9.53 Å². The monoisotopic (exact) mass is 407 g/mol. The van der Waals surface area contributed by atoms with Crippen molar-refractivity contribution in [2.24, 2.45) is 0 Å². The Labute approximate surface area is 173 Å². The highest BCUT2D eigenvalue weighted by atomic mass is 35.5. The Morgan fingerprint density at radius 2 is 1.62 bits per heavy atom. The van der Waals surface area contributed by atoms with E-state index >= 15 is 0 Å². The second-order valence-electron chi connectivity index (χ2n) is 6.66. The van der Waals surface area contributed by atoms with Crippen molar-refractivity contribution in [1.82, 2.24) is 0 Å². The van der Waals surface area contributed by atoms with Gasteiger partial charge < -0.3 is 9.47 Å². The summed E-state index contributed by atoms with van der Waals surface area (Å²) in [4.78, 5) is 26.4. The number of anilines is 2. The summed E-state index contributed by atoms with van der Waals surface area (Å²) in [5.74, 6) is -0.151. The van der Waals surface area contributed by atoms with Gasteiger partial charge in [-0.1, -0.05) is 35.9 Å². The number of halogens is 1. The first-order chi connectivity index (χ1) is 14.0. The van der Waals surface area contributed by atoms with Gasteiger partial charge in [0, 0.05) is 10.7 Å². The first-order valence-electron chi connectivity index (χ1n) is 9.07. The molecule has 1 atom stereocenters. The molecule has 1 aliphatic rings. The van der Waals surface area contributed by atoms with Gasteiger partial charge in [-0.2, -0.15) is 0 Å². The van der Waals surface area contributed by atoms with Gasteiger partial charge in [-0.25, -0.2) is 4.79 Å². The molecule has 0 aromatic heterocycles. The van der Waals surface area contributed by atoms with Crippen LogP contribution < -0.4 is 9.64 Å². The summed E-state index contributed by atoms with van der Waals surface area (Å²) >= 11 is 5.96. The highest BCUT2D eigenvalue weighted by Gasteiger charge is 2.33. The number of nitrogens with zero attached hydrogens (tertiary/aromatic N) is 1. The number of carbonyl (C=O) groups excluding carboxylic acids is 2. The zero-order valence-corrected chi connectivity index (χ0v) is 16.6. The molecule has 29 heavy (non-hydrogen) atoms. The molecule has 0 saturated carbocycles. The minimum Gasteiger partial charge on any atom is -0.479 e. The molecule has 6 heteroatoms. The zero-order valence-electron chi connectivity index (χ0n) is 15.9. The molecule has 1 heterocycles. The summed E-state index contributed by atoms with van der Waals surface area (Å²) in [5, 5.41) is 0.677. The zero-order chi connectivity index (χ0) is 20.5. The Morgan fingerprint density at radius 3 is 2.24 bits per heavy atom. The molecule has 3 aromatic carbocycles. The van der Waals surface area contributed by atoms with Gasteiger partial charge in [-0.05, 0) is 60.5 Å². The molecule has 0 saturated heterocycles. The Hall–Kier alpha value is -3.31. The van der Waals surface area contributed by atoms with E-state index < -0.39 is 12.1 Å². The molecule has 0 aliphatic carbocycles. The fourth-order valence-corrected chi connectivity index (χ4v) is 3.42. The van der Waals surface area contributed by atoms with E-state index in [9.17, 15) is 9.59 Å². The molecule has 5 nitrogen and oxygen atoms in total. The maximum absolute atomic E-state index is 12.9. The fourth-order valence-electron chi connectivity index (χ4n) is 3.29. The number of methoxy groups -OCH3 is 1. The van der Waals surface area contributed by atoms with Crippen LogP contribution in [0.4, 0.5) is 11.4 Å². The smallest absolute Gasteiger partial charge is 0.337 e. The summed E-state index contributed by atoms with van der Waals surface area (Å²) in [5.41, 5.74) is 3.57. The lowest BCUT2D eigenvalue weighted by Crippen LogP contribution is -2.41. The van der Waals surface area contributed by atoms with Crippen LogP contribution in [0.15, 0.2) is 66.7 Å². The molecule has 0 spiro atoms. The van der Waals surface area contributed by atoms with Crippen LogP contribution in [0.3, 0.4) is 0 Å². The van der Waals surface area contributed by atoms with Crippen molar-refractivity contribution in [1.29, 1.82) is 0 Å². The topological polar surface area (TPSA) is 55.8 Å². The number of amides is 1. The molecule has 4 rings (SSSR count). The lowest BCUT2D eigenvalue weighted by Gasteiger charge is -2.33. The predicted octanol–water partition coefficient (Wildman–Crippen LogP) is 5.24. The predicted molar refractivity (Wildman–Crippen MR) is 112 cm³/mol. The van der Waals surface area contributed by atoms with Crippen LogP contribution in [0, 0.1) is 0 Å². The molecule has 1 unspecified atom stereocenters. The summed E-state index contributed by atoms with van der Waals surface area (Å²) in [6.45, 7) is 1.70. The Kier molecular flexibility index (Phi) is 4.99. The van der Waals surface area contributed by atoms with Crippen LogP contribution in [0.5, 0.6) is 5.75 Å². The number of esters is 1. The largest absolute Gasteiger partial charge is 0.479 e. The van der Waals surface area contributed by atoms with Crippen molar-refractivity contribution in [3.05, 3.63) is 77.3 Å². The highest BCUT2D eigenvalue weighted by molar-refractivity contribution is 6.30. The Morgan fingerprint density at radius 1 is 1.00 bits per heavy atom. The Bertz CT molecular complexity index is 1080. The van der Waals surface area contributed by atoms with Crippen molar-refractivity contribution >= 4 is 34.9 Å². The van der Waals surface area contributed by atoms with Gasteiger partial charge in [0.15, 0.2) is 6.10 Å². The summed E-state index contributed by atoms with van der Waals surface area (Å²) in [7, 11) is 1.32. The van der Waals surface area contributed by atoms with E-state index in [1.54, 1.807) is 30.0 Å². The fraction of sp³-hybridized carbons (Fsp3) is 0.130. The van der Waals surface area contributed by atoms with Crippen LogP contribution in [0.25, 0.3) is 11.1 Å². The highest BCUT2D eigenvalue weighted by Crippen LogP contribution is 2.40. The van der Waals surface area contributed by atoms with Gasteiger partial charge in [0.1, 0.15) is 5.75 Å². The molecule has 0 bridgehead atoms. The number of rotatable bonds is 3. The van der Waals surface area contributed by atoms with Crippen LogP contribution >= 0.6 is 11.6 Å². The van der Waals surface area contributed by atoms with Gasteiger partial charge in [0.2, 0.25) is 0 Å². The average Bonchev–Trinajstić information content (AvgIpc) is 2.74. The molecule has 0 radical (unpaired) electrons. The SMILES string of the molecule is COC(=O)c1ccc2c(c1)N(c1ccc(-c3ccc(Cl)cc3)cc1)C(=O)C(C)O2. The first kappa shape index (κ1) is 19.0. The molecule has 3 aromatic rings. The van der Waals surface area contributed by atoms with Gasteiger partial charge in [0.25, 0.3) is 5.91 Å². The van der Waals surface area contributed by atoms with Crippen molar-refractivity contribution in [2.45, 2.75) is 13.0 Å². The second-order valence-corrected chi connectivity index (χ2v) is 7.10. The average molecular weight is 408 g/mol. The van der Waals surface area contributed by atoms with Crippen LogP contribution in [-0.4, -0.2) is 25.1 Å². The number of benzene rings is 3. The van der Waals surface area contributed by atoms with Crippen molar-refractivity contribution in [3.8, 4) is 16.9 Å². The quantitative estimate of drug-likeness (QED) is 0.557. The van der Waals surface area contributed by atoms with Crippen molar-refractivity contribution in [2.75, 3.05) is 12.0 Å². The summed E-state index contributed by atoms with van der Waals surface area (Å²) in [6, 6.07) is 20.1. The minimum absolute atomic E-state index is 0.209. The van der Waals surface area contributed by atoms with Gasteiger partial charge in [-0.15, -0.1) is 0 Å². The van der Waals surface area contributed by atoms with Gasteiger partial charge in [-0.3, -0.25) is 9.69 Å². The van der Waals surface area contributed by atoms with Crippen LogP contribution in [0.2, 0.25) is 5.02 Å². The second kappa shape index (κ2) is 7.60. The third-order valence-electron chi connectivity index (χ3n) is 4.80. The van der Waals surface area contributed by atoms with E-state index in [-0.39, 0.29) is 5.91 Å². The number of hydrogen-bond donors (Lipinski definition) is 0. The van der Waals surface area contributed by atoms with Gasteiger partial charge >= 0.3 is 5.97 Å².